The predicted octanol–water partition coefficient (Wildman–Crippen LogP) is 4.55. The molecule has 0 atom stereocenters. The van der Waals surface area contributed by atoms with Gasteiger partial charge in [0.25, 0.3) is 5.91 Å². The Morgan fingerprint density at radius 2 is 1.96 bits per heavy atom. The molecule has 1 aromatic heterocycles. The number of hydrogen-bond donors (Lipinski definition) is 1. The van der Waals surface area contributed by atoms with Crippen LogP contribution in [0.3, 0.4) is 0 Å². The third-order valence-electron chi connectivity index (χ3n) is 4.91. The van der Waals surface area contributed by atoms with E-state index in [9.17, 15) is 9.18 Å². The maximum atomic E-state index is 13.9. The number of pyridine rings is 1. The fourth-order valence-electron chi connectivity index (χ4n) is 3.33. The van der Waals surface area contributed by atoms with Gasteiger partial charge in [0.15, 0.2) is 0 Å². The van der Waals surface area contributed by atoms with Crippen LogP contribution in [0.2, 0.25) is 5.02 Å². The van der Waals surface area contributed by atoms with E-state index >= 15 is 0 Å². The van der Waals surface area contributed by atoms with Crippen LogP contribution in [0.15, 0.2) is 42.6 Å². The van der Waals surface area contributed by atoms with E-state index in [1.165, 1.54) is 12.3 Å². The number of nitrogens with one attached hydrogen (secondary N) is 1. The van der Waals surface area contributed by atoms with Crippen molar-refractivity contribution >= 4 is 39.8 Å². The second-order valence-corrected chi connectivity index (χ2v) is 7.03. The summed E-state index contributed by atoms with van der Waals surface area (Å²) in [4.78, 5) is 19.2. The van der Waals surface area contributed by atoms with Crippen LogP contribution in [0, 0.1) is 12.7 Å². The summed E-state index contributed by atoms with van der Waals surface area (Å²) in [5.74, 6) is 0.0959. The van der Waals surface area contributed by atoms with Crippen LogP contribution in [-0.4, -0.2) is 42.1 Å². The maximum absolute atomic E-state index is 13.9. The lowest BCUT2D eigenvalue weighted by molar-refractivity contribution is 0.0304. The van der Waals surface area contributed by atoms with Crippen molar-refractivity contribution in [2.24, 2.45) is 0 Å². The Labute approximate surface area is 167 Å². The highest BCUT2D eigenvalue weighted by Crippen LogP contribution is 2.33. The summed E-state index contributed by atoms with van der Waals surface area (Å²) in [7, 11) is 0. The first-order valence-corrected chi connectivity index (χ1v) is 9.40. The molecular weight excluding hydrogens is 381 g/mol. The Bertz CT molecular complexity index is 1050. The quantitative estimate of drug-likeness (QED) is 0.702. The number of nitrogens with zero attached hydrogens (tertiary/aromatic N) is 2. The fourth-order valence-corrected chi connectivity index (χ4v) is 3.60. The summed E-state index contributed by atoms with van der Waals surface area (Å²) < 4.78 is 19.2. The van der Waals surface area contributed by atoms with Crippen molar-refractivity contribution in [2.75, 3.05) is 31.6 Å². The second kappa shape index (κ2) is 7.73. The number of morpholine rings is 1. The highest BCUT2D eigenvalue weighted by Gasteiger charge is 2.23. The van der Waals surface area contributed by atoms with Gasteiger partial charge in [-0.3, -0.25) is 4.79 Å². The number of carbonyl (C=O) groups excluding carboxylic acids is 1. The molecule has 1 fully saturated rings. The van der Waals surface area contributed by atoms with Crippen molar-refractivity contribution in [3.63, 3.8) is 0 Å². The zero-order chi connectivity index (χ0) is 19.7. The van der Waals surface area contributed by atoms with Gasteiger partial charge in [0, 0.05) is 46.3 Å². The Hall–Kier alpha value is -2.70. The summed E-state index contributed by atoms with van der Waals surface area (Å²) >= 11 is 6.47. The lowest BCUT2D eigenvalue weighted by Gasteiger charge is -2.27. The SMILES string of the molecule is Cc1c(F)cccc1Nc1ncc(C(=O)N2CCOCC2)c2c(Cl)cccc12. The Morgan fingerprint density at radius 1 is 1.21 bits per heavy atom. The van der Waals surface area contributed by atoms with Crippen LogP contribution in [0.4, 0.5) is 15.9 Å². The molecule has 0 saturated carbocycles. The molecule has 0 aliphatic carbocycles. The topological polar surface area (TPSA) is 54.5 Å². The fraction of sp³-hybridized carbons (Fsp3) is 0.238. The molecule has 4 rings (SSSR count). The number of amides is 1. The molecule has 1 aliphatic rings. The van der Waals surface area contributed by atoms with Crippen molar-refractivity contribution in [2.45, 2.75) is 6.92 Å². The van der Waals surface area contributed by atoms with Crippen LogP contribution >= 0.6 is 11.6 Å². The molecule has 7 heteroatoms. The number of anilines is 2. The first kappa shape index (κ1) is 18.7. The van der Waals surface area contributed by atoms with Crippen LogP contribution in [0.1, 0.15) is 15.9 Å². The van der Waals surface area contributed by atoms with Gasteiger partial charge >= 0.3 is 0 Å². The van der Waals surface area contributed by atoms with Crippen molar-refractivity contribution in [3.8, 4) is 0 Å². The molecule has 0 spiro atoms. The Morgan fingerprint density at radius 3 is 2.75 bits per heavy atom. The third-order valence-corrected chi connectivity index (χ3v) is 5.23. The predicted molar refractivity (Wildman–Crippen MR) is 108 cm³/mol. The molecule has 1 amide bonds. The smallest absolute Gasteiger partial charge is 0.256 e. The van der Waals surface area contributed by atoms with Gasteiger partial charge in [-0.05, 0) is 25.1 Å². The number of aromatic nitrogens is 1. The maximum Gasteiger partial charge on any atom is 0.256 e. The number of ether oxygens (including phenoxy) is 1. The summed E-state index contributed by atoms with van der Waals surface area (Å²) in [6, 6.07) is 10.2. The second-order valence-electron chi connectivity index (χ2n) is 6.62. The number of carbonyl (C=O) groups is 1. The standard InChI is InChI=1S/C21H19ClFN3O2/c1-13-17(23)6-3-7-18(13)25-20-14-4-2-5-16(22)19(14)15(12-24-20)21(27)26-8-10-28-11-9-26/h2-7,12H,8-11H2,1H3,(H,24,25). The number of fused-ring (bicyclic) bond motifs is 1. The summed E-state index contributed by atoms with van der Waals surface area (Å²) in [5, 5.41) is 4.98. The van der Waals surface area contributed by atoms with E-state index in [0.717, 1.165) is 0 Å². The molecule has 3 aromatic rings. The minimum absolute atomic E-state index is 0.123. The summed E-state index contributed by atoms with van der Waals surface area (Å²) in [5.41, 5.74) is 1.55. The molecule has 144 valence electrons. The van der Waals surface area contributed by atoms with Gasteiger partial charge in [0.2, 0.25) is 0 Å². The molecule has 0 radical (unpaired) electrons. The molecule has 1 N–H and O–H groups in total. The van der Waals surface area contributed by atoms with Gasteiger partial charge in [0.1, 0.15) is 11.6 Å². The van der Waals surface area contributed by atoms with Gasteiger partial charge in [-0.1, -0.05) is 29.8 Å². The van der Waals surface area contributed by atoms with E-state index in [1.54, 1.807) is 36.1 Å². The summed E-state index contributed by atoms with van der Waals surface area (Å²) in [6.45, 7) is 3.80. The first-order chi connectivity index (χ1) is 13.6. The first-order valence-electron chi connectivity index (χ1n) is 9.02. The molecule has 2 aromatic carbocycles. The van der Waals surface area contributed by atoms with Crippen LogP contribution in [0.25, 0.3) is 10.8 Å². The number of rotatable bonds is 3. The normalized spacial score (nSPS) is 14.3. The van der Waals surface area contributed by atoms with E-state index in [1.807, 2.05) is 6.07 Å². The minimum atomic E-state index is -0.300. The average Bonchev–Trinajstić information content (AvgIpc) is 2.72. The van der Waals surface area contributed by atoms with Gasteiger partial charge < -0.3 is 15.0 Å². The van der Waals surface area contributed by atoms with Crippen molar-refractivity contribution < 1.29 is 13.9 Å². The van der Waals surface area contributed by atoms with Crippen molar-refractivity contribution in [3.05, 3.63) is 64.6 Å². The lowest BCUT2D eigenvalue weighted by Crippen LogP contribution is -2.40. The molecule has 1 aliphatic heterocycles. The lowest BCUT2D eigenvalue weighted by atomic mass is 10.0. The third kappa shape index (κ3) is 3.41. The van der Waals surface area contributed by atoms with Gasteiger partial charge in [-0.25, -0.2) is 9.37 Å². The highest BCUT2D eigenvalue weighted by molar-refractivity contribution is 6.37. The largest absolute Gasteiger partial charge is 0.378 e. The van der Waals surface area contributed by atoms with Crippen LogP contribution in [0.5, 0.6) is 0 Å². The molecule has 28 heavy (non-hydrogen) atoms. The molecule has 2 heterocycles. The molecular formula is C21H19ClFN3O2. The van der Waals surface area contributed by atoms with E-state index in [0.29, 0.717) is 64.7 Å². The van der Waals surface area contributed by atoms with Gasteiger partial charge in [0.05, 0.1) is 18.8 Å². The molecule has 0 bridgehead atoms. The monoisotopic (exact) mass is 399 g/mol. The van der Waals surface area contributed by atoms with Crippen LogP contribution < -0.4 is 5.32 Å². The van der Waals surface area contributed by atoms with Crippen molar-refractivity contribution in [1.29, 1.82) is 0 Å². The van der Waals surface area contributed by atoms with E-state index in [4.69, 9.17) is 16.3 Å². The molecule has 5 nitrogen and oxygen atoms in total. The summed E-state index contributed by atoms with van der Waals surface area (Å²) in [6.07, 6.45) is 1.53. The Kier molecular flexibility index (Phi) is 5.15. The number of benzene rings is 2. The molecule has 1 saturated heterocycles. The zero-order valence-electron chi connectivity index (χ0n) is 15.3. The Balaban J connectivity index is 1.79. The van der Waals surface area contributed by atoms with Crippen molar-refractivity contribution in [1.82, 2.24) is 9.88 Å². The average molecular weight is 400 g/mol. The number of hydrogen-bond acceptors (Lipinski definition) is 4. The van der Waals surface area contributed by atoms with Gasteiger partial charge in [-0.15, -0.1) is 0 Å². The van der Waals surface area contributed by atoms with Crippen LogP contribution in [-0.2, 0) is 4.74 Å². The minimum Gasteiger partial charge on any atom is -0.378 e. The van der Waals surface area contributed by atoms with E-state index < -0.39 is 0 Å². The molecule has 0 unspecified atom stereocenters. The highest BCUT2D eigenvalue weighted by atomic mass is 35.5. The van der Waals surface area contributed by atoms with Gasteiger partial charge in [-0.2, -0.15) is 0 Å². The zero-order valence-corrected chi connectivity index (χ0v) is 16.1. The number of halogens is 2. The van der Waals surface area contributed by atoms with E-state index in [2.05, 4.69) is 10.3 Å². The van der Waals surface area contributed by atoms with E-state index in [-0.39, 0.29) is 11.7 Å².